The van der Waals surface area contributed by atoms with Crippen molar-refractivity contribution in [3.8, 4) is 23.0 Å². The molecule has 4 heteroatoms. The third-order valence-electron chi connectivity index (χ3n) is 6.08. The molecule has 0 saturated heterocycles. The van der Waals surface area contributed by atoms with E-state index in [-0.39, 0.29) is 6.04 Å². The molecule has 0 spiro atoms. The van der Waals surface area contributed by atoms with Gasteiger partial charge in [0.15, 0.2) is 11.5 Å². The van der Waals surface area contributed by atoms with Gasteiger partial charge in [0.1, 0.15) is 11.5 Å². The Morgan fingerprint density at radius 1 is 0.833 bits per heavy atom. The molecule has 1 aliphatic heterocycles. The molecule has 0 amide bonds. The number of hydrogen-bond donors (Lipinski definition) is 1. The van der Waals surface area contributed by atoms with Crippen molar-refractivity contribution in [2.45, 2.75) is 18.4 Å². The molecule has 30 heavy (non-hydrogen) atoms. The van der Waals surface area contributed by atoms with E-state index in [2.05, 4.69) is 41.7 Å². The molecule has 3 unspecified atom stereocenters. The summed E-state index contributed by atoms with van der Waals surface area (Å²) in [6.45, 7) is 0. The SMILES string of the molecule is COc1ccc(C2Nc3ccc(Oc4ccccc4)cc3C3C=CCC32)cc1OC. The topological polar surface area (TPSA) is 39.7 Å². The zero-order valence-corrected chi connectivity index (χ0v) is 17.2. The Morgan fingerprint density at radius 2 is 1.67 bits per heavy atom. The predicted octanol–water partition coefficient (Wildman–Crippen LogP) is 6.32. The highest BCUT2D eigenvalue weighted by Gasteiger charge is 2.38. The number of para-hydroxylation sites is 1. The number of anilines is 1. The number of rotatable bonds is 5. The summed E-state index contributed by atoms with van der Waals surface area (Å²) in [6, 6.07) is 22.7. The van der Waals surface area contributed by atoms with Crippen molar-refractivity contribution in [2.75, 3.05) is 19.5 Å². The van der Waals surface area contributed by atoms with Gasteiger partial charge in [0.25, 0.3) is 0 Å². The molecule has 3 atom stereocenters. The lowest BCUT2D eigenvalue weighted by molar-refractivity contribution is 0.352. The Bertz CT molecular complexity index is 1080. The van der Waals surface area contributed by atoms with Gasteiger partial charge in [-0.1, -0.05) is 36.4 Å². The third kappa shape index (κ3) is 3.28. The van der Waals surface area contributed by atoms with Gasteiger partial charge in [-0.05, 0) is 65.9 Å². The van der Waals surface area contributed by atoms with E-state index >= 15 is 0 Å². The van der Waals surface area contributed by atoms with E-state index in [9.17, 15) is 0 Å². The molecule has 3 aromatic rings. The summed E-state index contributed by atoms with van der Waals surface area (Å²) in [4.78, 5) is 0. The lowest BCUT2D eigenvalue weighted by Gasteiger charge is -2.37. The maximum atomic E-state index is 6.08. The molecule has 0 saturated carbocycles. The minimum atomic E-state index is 0.207. The fourth-order valence-electron chi connectivity index (χ4n) is 4.64. The smallest absolute Gasteiger partial charge is 0.161 e. The van der Waals surface area contributed by atoms with Crippen LogP contribution in [0.4, 0.5) is 5.69 Å². The van der Waals surface area contributed by atoms with Gasteiger partial charge >= 0.3 is 0 Å². The van der Waals surface area contributed by atoms with Gasteiger partial charge in [-0.15, -0.1) is 0 Å². The van der Waals surface area contributed by atoms with E-state index in [0.29, 0.717) is 11.8 Å². The normalized spacial score (nSPS) is 21.3. The zero-order chi connectivity index (χ0) is 20.5. The molecule has 5 rings (SSSR count). The summed E-state index contributed by atoms with van der Waals surface area (Å²) in [5.41, 5.74) is 3.66. The van der Waals surface area contributed by atoms with Crippen LogP contribution in [0.2, 0.25) is 0 Å². The standard InChI is InChI=1S/C26H25NO3/c1-28-24-14-11-17(15-25(24)29-2)26-21-10-6-9-20(21)22-16-19(12-13-23(22)27-26)30-18-7-4-3-5-8-18/h3-9,11-16,20-21,26-27H,10H2,1-2H3. The van der Waals surface area contributed by atoms with Crippen LogP contribution in [0.25, 0.3) is 0 Å². The fraction of sp³-hybridized carbons (Fsp3) is 0.231. The highest BCUT2D eigenvalue weighted by Crippen LogP contribution is 2.51. The molecule has 3 aromatic carbocycles. The number of allylic oxidation sites excluding steroid dienone is 2. The van der Waals surface area contributed by atoms with Crippen molar-refractivity contribution in [2.24, 2.45) is 5.92 Å². The molecule has 0 bridgehead atoms. The highest BCUT2D eigenvalue weighted by atomic mass is 16.5. The number of hydrogen-bond acceptors (Lipinski definition) is 4. The van der Waals surface area contributed by atoms with Crippen LogP contribution in [-0.4, -0.2) is 14.2 Å². The zero-order valence-electron chi connectivity index (χ0n) is 17.2. The molecule has 0 aromatic heterocycles. The highest BCUT2D eigenvalue weighted by molar-refractivity contribution is 5.62. The van der Waals surface area contributed by atoms with Crippen LogP contribution in [0.3, 0.4) is 0 Å². The van der Waals surface area contributed by atoms with Crippen molar-refractivity contribution in [3.05, 3.63) is 90.0 Å². The summed E-state index contributed by atoms with van der Waals surface area (Å²) in [5.74, 6) is 4.03. The second-order valence-electron chi connectivity index (χ2n) is 7.75. The average Bonchev–Trinajstić information content (AvgIpc) is 3.29. The van der Waals surface area contributed by atoms with Gasteiger partial charge < -0.3 is 19.5 Å². The van der Waals surface area contributed by atoms with Gasteiger partial charge in [-0.3, -0.25) is 0 Å². The number of benzene rings is 3. The molecular formula is C26H25NO3. The second kappa shape index (κ2) is 7.79. The average molecular weight is 399 g/mol. The van der Waals surface area contributed by atoms with Crippen LogP contribution < -0.4 is 19.5 Å². The van der Waals surface area contributed by atoms with Crippen molar-refractivity contribution >= 4 is 5.69 Å². The van der Waals surface area contributed by atoms with Crippen LogP contribution in [-0.2, 0) is 0 Å². The van der Waals surface area contributed by atoms with Crippen molar-refractivity contribution < 1.29 is 14.2 Å². The van der Waals surface area contributed by atoms with Crippen LogP contribution in [0.15, 0.2) is 78.9 Å². The molecule has 0 radical (unpaired) electrons. The molecule has 0 fully saturated rings. The van der Waals surface area contributed by atoms with E-state index in [1.165, 1.54) is 11.1 Å². The first-order valence-electron chi connectivity index (χ1n) is 10.3. The van der Waals surface area contributed by atoms with Crippen molar-refractivity contribution in [1.29, 1.82) is 0 Å². The first kappa shape index (κ1) is 18.6. The number of ether oxygens (including phenoxy) is 3. The monoisotopic (exact) mass is 399 g/mol. The van der Waals surface area contributed by atoms with Crippen LogP contribution in [0.5, 0.6) is 23.0 Å². The third-order valence-corrected chi connectivity index (χ3v) is 6.08. The molecule has 2 aliphatic rings. The van der Waals surface area contributed by atoms with Gasteiger partial charge in [0, 0.05) is 11.6 Å². The number of methoxy groups -OCH3 is 2. The van der Waals surface area contributed by atoms with Gasteiger partial charge in [-0.2, -0.15) is 0 Å². The molecule has 4 nitrogen and oxygen atoms in total. The second-order valence-corrected chi connectivity index (χ2v) is 7.75. The number of nitrogens with one attached hydrogen (secondary N) is 1. The molecule has 1 N–H and O–H groups in total. The van der Waals surface area contributed by atoms with Crippen LogP contribution in [0, 0.1) is 5.92 Å². The Balaban J connectivity index is 1.48. The van der Waals surface area contributed by atoms with E-state index in [4.69, 9.17) is 14.2 Å². The first-order valence-corrected chi connectivity index (χ1v) is 10.3. The molecule has 1 heterocycles. The summed E-state index contributed by atoms with van der Waals surface area (Å²) >= 11 is 0. The summed E-state index contributed by atoms with van der Waals surface area (Å²) < 4.78 is 17.0. The van der Waals surface area contributed by atoms with Gasteiger partial charge in [0.05, 0.1) is 20.3 Å². The lowest BCUT2D eigenvalue weighted by Crippen LogP contribution is -2.29. The van der Waals surface area contributed by atoms with Crippen molar-refractivity contribution in [3.63, 3.8) is 0 Å². The minimum Gasteiger partial charge on any atom is -0.493 e. The Kier molecular flexibility index (Phi) is 4.83. The van der Waals surface area contributed by atoms with Crippen LogP contribution in [0.1, 0.15) is 29.5 Å². The number of fused-ring (bicyclic) bond motifs is 3. The maximum absolute atomic E-state index is 6.08. The Labute approximate surface area is 177 Å². The Morgan fingerprint density at radius 3 is 2.47 bits per heavy atom. The largest absolute Gasteiger partial charge is 0.493 e. The van der Waals surface area contributed by atoms with Crippen LogP contribution >= 0.6 is 0 Å². The van der Waals surface area contributed by atoms with E-state index in [1.54, 1.807) is 14.2 Å². The lowest BCUT2D eigenvalue weighted by atomic mass is 9.77. The fourth-order valence-corrected chi connectivity index (χ4v) is 4.64. The minimum absolute atomic E-state index is 0.207. The van der Waals surface area contributed by atoms with E-state index in [1.807, 2.05) is 42.5 Å². The quantitative estimate of drug-likeness (QED) is 0.510. The summed E-state index contributed by atoms with van der Waals surface area (Å²) in [7, 11) is 3.35. The molecule has 1 aliphatic carbocycles. The van der Waals surface area contributed by atoms with E-state index < -0.39 is 0 Å². The summed E-state index contributed by atoms with van der Waals surface area (Å²) in [6.07, 6.45) is 5.68. The summed E-state index contributed by atoms with van der Waals surface area (Å²) in [5, 5.41) is 3.77. The Hall–Kier alpha value is -3.40. The predicted molar refractivity (Wildman–Crippen MR) is 119 cm³/mol. The molecule has 152 valence electrons. The van der Waals surface area contributed by atoms with E-state index in [0.717, 1.165) is 35.1 Å². The maximum Gasteiger partial charge on any atom is 0.161 e. The first-order chi connectivity index (χ1) is 14.8. The van der Waals surface area contributed by atoms with Gasteiger partial charge in [0.2, 0.25) is 0 Å². The molecular weight excluding hydrogens is 374 g/mol. The van der Waals surface area contributed by atoms with Gasteiger partial charge in [-0.25, -0.2) is 0 Å². The van der Waals surface area contributed by atoms with Crippen molar-refractivity contribution in [1.82, 2.24) is 0 Å².